The number of nitrogens with one attached hydrogen (secondary N) is 3. The molecule has 0 spiro atoms. The third-order valence-electron chi connectivity index (χ3n) is 8.73. The van der Waals surface area contributed by atoms with Gasteiger partial charge in [0.15, 0.2) is 21.2 Å². The van der Waals surface area contributed by atoms with E-state index in [2.05, 4.69) is 116 Å². The summed E-state index contributed by atoms with van der Waals surface area (Å²) in [6.45, 7) is 26.6. The number of thiazole rings is 3. The molecule has 0 fully saturated rings. The van der Waals surface area contributed by atoms with Crippen LogP contribution in [0.1, 0.15) is 121 Å². The first-order chi connectivity index (χ1) is 27.2. The molecule has 0 aliphatic heterocycles. The van der Waals surface area contributed by atoms with Crippen LogP contribution in [-0.4, -0.2) is 33.0 Å². The van der Waals surface area contributed by atoms with Gasteiger partial charge in [-0.15, -0.1) is 34.0 Å². The van der Waals surface area contributed by atoms with Crippen molar-refractivity contribution in [3.8, 4) is 0 Å². The summed E-state index contributed by atoms with van der Waals surface area (Å²) in [6.07, 6.45) is -0.495. The lowest BCUT2D eigenvalue weighted by atomic mass is 9.93. The van der Waals surface area contributed by atoms with Crippen LogP contribution in [0.5, 0.6) is 0 Å². The molecule has 0 bridgehead atoms. The maximum Gasteiger partial charge on any atom is 0.187 e. The summed E-state index contributed by atoms with van der Waals surface area (Å²) in [5.74, 6) is 0.691. The molecule has 6 aromatic rings. The van der Waals surface area contributed by atoms with Crippen molar-refractivity contribution in [3.63, 3.8) is 0 Å². The third kappa shape index (κ3) is 13.1. The standard InChI is InChI=1S/C16H20N2OS.C15H20N2OS.C15H18N2OS/c1-11(19-5)12-8-6-7-9-13(12)17-15-18-14(10-20-15)16(2,3)4;2*1-10(18)11-7-5-6-8-12(11)16-14-17-13(9-19-14)15(2,3)4/h6-10H,1H2,2-5H3,(H,17,18);5-10,18H,1-4H3,(H,16,17);5-9H,1-4H3,(H,16,17). The van der Waals surface area contributed by atoms with E-state index in [0.29, 0.717) is 11.3 Å². The fourth-order valence-electron chi connectivity index (χ4n) is 5.19. The van der Waals surface area contributed by atoms with E-state index in [0.717, 1.165) is 60.7 Å². The topological polar surface area (TPSA) is 121 Å². The number of carbonyl (C=O) groups is 1. The number of aliphatic hydroxyl groups excluding tert-OH is 1. The Morgan fingerprint density at radius 2 is 0.966 bits per heavy atom. The first-order valence-corrected chi connectivity index (χ1v) is 21.7. The van der Waals surface area contributed by atoms with Crippen molar-refractivity contribution in [2.24, 2.45) is 0 Å². The molecule has 1 atom stereocenters. The molecule has 0 saturated heterocycles. The summed E-state index contributed by atoms with van der Waals surface area (Å²) < 4.78 is 5.22. The number of para-hydroxylation sites is 3. The number of aliphatic hydroxyl groups is 1. The smallest absolute Gasteiger partial charge is 0.187 e. The van der Waals surface area contributed by atoms with Gasteiger partial charge in [0.05, 0.1) is 41.7 Å². The quantitative estimate of drug-likeness (QED) is 0.0789. The first kappa shape index (κ1) is 45.8. The Hall–Kier alpha value is -4.88. The van der Waals surface area contributed by atoms with E-state index in [1.54, 1.807) is 55.0 Å². The van der Waals surface area contributed by atoms with Gasteiger partial charge in [-0.3, -0.25) is 4.79 Å². The van der Waals surface area contributed by atoms with Crippen molar-refractivity contribution >= 4 is 78.0 Å². The van der Waals surface area contributed by atoms with E-state index in [1.807, 2.05) is 72.8 Å². The minimum atomic E-state index is -0.495. The second-order valence-corrected chi connectivity index (χ2v) is 19.4. The van der Waals surface area contributed by atoms with Gasteiger partial charge in [-0.05, 0) is 44.2 Å². The number of methoxy groups -OCH3 is 1. The molecular formula is C46H58N6O3S3. The molecule has 3 aromatic carbocycles. The van der Waals surface area contributed by atoms with E-state index in [9.17, 15) is 9.90 Å². The van der Waals surface area contributed by atoms with Crippen molar-refractivity contribution in [2.45, 2.75) is 98.5 Å². The number of aromatic nitrogens is 3. The van der Waals surface area contributed by atoms with Crippen LogP contribution in [0.4, 0.5) is 32.5 Å². The molecule has 0 radical (unpaired) electrons. The van der Waals surface area contributed by atoms with Gasteiger partial charge in [-0.25, -0.2) is 15.0 Å². The fraction of sp³-hybridized carbons (Fsp3) is 0.348. The van der Waals surface area contributed by atoms with Crippen LogP contribution < -0.4 is 16.0 Å². The van der Waals surface area contributed by atoms with Crippen LogP contribution in [0.25, 0.3) is 5.76 Å². The Morgan fingerprint density at radius 3 is 1.33 bits per heavy atom. The highest BCUT2D eigenvalue weighted by Crippen LogP contribution is 2.33. The van der Waals surface area contributed by atoms with Crippen LogP contribution in [-0.2, 0) is 21.0 Å². The van der Waals surface area contributed by atoms with Crippen molar-refractivity contribution in [2.75, 3.05) is 23.1 Å². The molecule has 4 N–H and O–H groups in total. The molecule has 9 nitrogen and oxygen atoms in total. The molecule has 0 saturated carbocycles. The van der Waals surface area contributed by atoms with Crippen LogP contribution in [0.15, 0.2) is 95.5 Å². The number of benzene rings is 3. The van der Waals surface area contributed by atoms with Gasteiger partial charge in [-0.2, -0.15) is 0 Å². The SMILES string of the molecule is C=C(OC)c1ccccc1Nc1nc(C(C)(C)C)cs1.CC(=O)c1ccccc1Nc1nc(C(C)(C)C)cs1.CC(O)c1ccccc1Nc1nc(C(C)(C)C)cs1. The second kappa shape index (κ2) is 19.7. The van der Waals surface area contributed by atoms with Crippen LogP contribution in [0.2, 0.25) is 0 Å². The number of hydrogen-bond donors (Lipinski definition) is 4. The molecular weight excluding hydrogens is 781 g/mol. The number of carbonyl (C=O) groups excluding carboxylic acids is 1. The van der Waals surface area contributed by atoms with Gasteiger partial charge in [0, 0.05) is 54.8 Å². The van der Waals surface area contributed by atoms with Gasteiger partial charge < -0.3 is 25.8 Å². The van der Waals surface area contributed by atoms with Gasteiger partial charge in [-0.1, -0.05) is 111 Å². The molecule has 1 unspecified atom stereocenters. The molecule has 3 heterocycles. The number of anilines is 6. The Kier molecular flexibility index (Phi) is 15.6. The molecule has 6 rings (SSSR count). The van der Waals surface area contributed by atoms with Crippen molar-refractivity contribution in [3.05, 3.63) is 129 Å². The number of ketones is 1. The summed E-state index contributed by atoms with van der Waals surface area (Å²) in [5, 5.41) is 28.4. The lowest BCUT2D eigenvalue weighted by Crippen LogP contribution is -2.11. The fourth-order valence-corrected chi connectivity index (χ4v) is 8.04. The first-order valence-electron chi connectivity index (χ1n) is 19.1. The van der Waals surface area contributed by atoms with Gasteiger partial charge in [0.2, 0.25) is 0 Å². The number of hydrogen-bond acceptors (Lipinski definition) is 12. The zero-order chi connectivity index (χ0) is 42.8. The van der Waals surface area contributed by atoms with Crippen LogP contribution in [0.3, 0.4) is 0 Å². The maximum absolute atomic E-state index is 11.6. The highest BCUT2D eigenvalue weighted by atomic mass is 32.1. The zero-order valence-electron chi connectivity index (χ0n) is 35.8. The number of Topliss-reactive ketones (excluding diaryl/α,β-unsaturated/α-hetero) is 1. The average Bonchev–Trinajstić information content (AvgIpc) is 3.94. The number of ether oxygens (including phenoxy) is 1. The lowest BCUT2D eigenvalue weighted by molar-refractivity contribution is 0.101. The van der Waals surface area contributed by atoms with E-state index in [1.165, 1.54) is 0 Å². The molecule has 0 aliphatic rings. The summed E-state index contributed by atoms with van der Waals surface area (Å²) in [5.41, 5.74) is 8.57. The highest BCUT2D eigenvalue weighted by Gasteiger charge is 2.20. The summed E-state index contributed by atoms with van der Waals surface area (Å²) in [4.78, 5) is 25.4. The highest BCUT2D eigenvalue weighted by molar-refractivity contribution is 7.14. The predicted octanol–water partition coefficient (Wildman–Crippen LogP) is 13.4. The lowest BCUT2D eigenvalue weighted by Gasteiger charge is -2.15. The summed E-state index contributed by atoms with van der Waals surface area (Å²) >= 11 is 4.75. The number of nitrogens with zero attached hydrogens (tertiary/aromatic N) is 3. The molecule has 58 heavy (non-hydrogen) atoms. The summed E-state index contributed by atoms with van der Waals surface area (Å²) in [7, 11) is 1.63. The Labute approximate surface area is 356 Å². The minimum absolute atomic E-state index is 0.0382. The van der Waals surface area contributed by atoms with Crippen LogP contribution in [0, 0.1) is 0 Å². The van der Waals surface area contributed by atoms with Crippen molar-refractivity contribution in [1.29, 1.82) is 0 Å². The van der Waals surface area contributed by atoms with Gasteiger partial charge in [0.1, 0.15) is 5.76 Å². The second-order valence-electron chi connectivity index (χ2n) is 16.8. The van der Waals surface area contributed by atoms with E-state index in [4.69, 9.17) is 4.74 Å². The molecule has 0 aliphatic carbocycles. The van der Waals surface area contributed by atoms with E-state index in [-0.39, 0.29) is 22.0 Å². The Bertz CT molecular complexity index is 2270. The van der Waals surface area contributed by atoms with Crippen molar-refractivity contribution in [1.82, 2.24) is 15.0 Å². The Balaban J connectivity index is 0.000000193. The minimum Gasteiger partial charge on any atom is -0.497 e. The van der Waals surface area contributed by atoms with Gasteiger partial charge >= 0.3 is 0 Å². The van der Waals surface area contributed by atoms with E-state index >= 15 is 0 Å². The largest absolute Gasteiger partial charge is 0.497 e. The maximum atomic E-state index is 11.6. The van der Waals surface area contributed by atoms with Crippen LogP contribution >= 0.6 is 34.0 Å². The zero-order valence-corrected chi connectivity index (χ0v) is 38.2. The van der Waals surface area contributed by atoms with Gasteiger partial charge in [0.25, 0.3) is 0 Å². The molecule has 0 amide bonds. The number of rotatable bonds is 10. The predicted molar refractivity (Wildman–Crippen MR) is 248 cm³/mol. The summed E-state index contributed by atoms with van der Waals surface area (Å²) in [6, 6.07) is 23.2. The molecule has 12 heteroatoms. The average molecular weight is 839 g/mol. The third-order valence-corrected chi connectivity index (χ3v) is 11.0. The van der Waals surface area contributed by atoms with E-state index < -0.39 is 6.10 Å². The van der Waals surface area contributed by atoms with Crippen molar-refractivity contribution < 1.29 is 14.6 Å². The Morgan fingerprint density at radius 1 is 0.621 bits per heavy atom. The normalized spacial score (nSPS) is 11.9. The molecule has 3 aromatic heterocycles. The molecule has 308 valence electrons. The monoisotopic (exact) mass is 838 g/mol.